The molecule has 0 aromatic heterocycles. The van der Waals surface area contributed by atoms with Gasteiger partial charge in [-0.05, 0) is 32.2 Å². The highest BCUT2D eigenvalue weighted by molar-refractivity contribution is 5.76. The Morgan fingerprint density at radius 1 is 1.29 bits per heavy atom. The summed E-state index contributed by atoms with van der Waals surface area (Å²) in [5.41, 5.74) is 5.39. The zero-order chi connectivity index (χ0) is 12.7. The highest BCUT2D eigenvalue weighted by Gasteiger charge is 2.22. The van der Waals surface area contributed by atoms with Gasteiger partial charge in [0, 0.05) is 32.5 Å². The lowest BCUT2D eigenvalue weighted by atomic mass is 10.0. The normalized spacial score (nSPS) is 16.9. The molecule has 0 bridgehead atoms. The summed E-state index contributed by atoms with van der Waals surface area (Å²) in [7, 11) is 0. The zero-order valence-corrected chi connectivity index (χ0v) is 10.6. The Hall–Kier alpha value is -1.10. The van der Waals surface area contributed by atoms with Crippen molar-refractivity contribution in [2.24, 2.45) is 5.73 Å². The van der Waals surface area contributed by atoms with Crippen LogP contribution in [0.1, 0.15) is 39.0 Å². The molecular weight excluding hydrogens is 218 g/mol. The molecule has 1 rings (SSSR count). The first kappa shape index (κ1) is 14.0. The molecule has 3 N–H and O–H groups in total. The summed E-state index contributed by atoms with van der Waals surface area (Å²) >= 11 is 0. The summed E-state index contributed by atoms with van der Waals surface area (Å²) in [6.45, 7) is 3.70. The van der Waals surface area contributed by atoms with Crippen LogP contribution in [-0.4, -0.2) is 42.4 Å². The molecule has 0 aromatic rings. The van der Waals surface area contributed by atoms with Gasteiger partial charge >= 0.3 is 0 Å². The van der Waals surface area contributed by atoms with E-state index in [1.54, 1.807) is 0 Å². The first-order valence-electron chi connectivity index (χ1n) is 6.38. The monoisotopic (exact) mass is 241 g/mol. The van der Waals surface area contributed by atoms with Gasteiger partial charge in [0.2, 0.25) is 11.8 Å². The van der Waals surface area contributed by atoms with Crippen molar-refractivity contribution in [1.82, 2.24) is 10.2 Å². The Morgan fingerprint density at radius 3 is 2.47 bits per heavy atom. The van der Waals surface area contributed by atoms with Crippen molar-refractivity contribution in [2.75, 3.05) is 19.6 Å². The van der Waals surface area contributed by atoms with Gasteiger partial charge in [-0.25, -0.2) is 0 Å². The quantitative estimate of drug-likeness (QED) is 0.677. The Morgan fingerprint density at radius 2 is 1.94 bits per heavy atom. The van der Waals surface area contributed by atoms with E-state index < -0.39 is 0 Å². The summed E-state index contributed by atoms with van der Waals surface area (Å²) in [4.78, 5) is 24.6. The summed E-state index contributed by atoms with van der Waals surface area (Å²) in [6, 6.07) is 0.237. The number of hydrogen-bond acceptors (Lipinski definition) is 3. The van der Waals surface area contributed by atoms with Crippen molar-refractivity contribution in [3.63, 3.8) is 0 Å². The minimum Gasteiger partial charge on any atom is -0.353 e. The number of nitrogens with two attached hydrogens (primary N) is 1. The van der Waals surface area contributed by atoms with E-state index in [2.05, 4.69) is 5.32 Å². The van der Waals surface area contributed by atoms with Gasteiger partial charge in [-0.1, -0.05) is 0 Å². The number of nitrogens with one attached hydrogen (secondary N) is 1. The molecule has 17 heavy (non-hydrogen) atoms. The highest BCUT2D eigenvalue weighted by atomic mass is 16.2. The SMILES string of the molecule is CC(=O)NC1CCN(C(=O)CCCCN)CC1. The molecule has 1 saturated heterocycles. The first-order chi connectivity index (χ1) is 8.13. The fourth-order valence-corrected chi connectivity index (χ4v) is 2.14. The van der Waals surface area contributed by atoms with Gasteiger partial charge in [0.1, 0.15) is 0 Å². The molecule has 0 radical (unpaired) electrons. The van der Waals surface area contributed by atoms with Gasteiger partial charge in [0.05, 0.1) is 0 Å². The summed E-state index contributed by atoms with van der Waals surface area (Å²) < 4.78 is 0. The lowest BCUT2D eigenvalue weighted by Crippen LogP contribution is -2.46. The van der Waals surface area contributed by atoms with Crippen LogP contribution < -0.4 is 11.1 Å². The average molecular weight is 241 g/mol. The number of carbonyl (C=O) groups is 2. The molecule has 1 fully saturated rings. The number of piperidine rings is 1. The lowest BCUT2D eigenvalue weighted by Gasteiger charge is -2.32. The molecular formula is C12H23N3O2. The van der Waals surface area contributed by atoms with Crippen molar-refractivity contribution < 1.29 is 9.59 Å². The smallest absolute Gasteiger partial charge is 0.222 e. The van der Waals surface area contributed by atoms with E-state index >= 15 is 0 Å². The minimum absolute atomic E-state index is 0.0118. The zero-order valence-electron chi connectivity index (χ0n) is 10.6. The van der Waals surface area contributed by atoms with Gasteiger partial charge in [-0.2, -0.15) is 0 Å². The molecule has 1 aliphatic heterocycles. The van der Waals surface area contributed by atoms with Crippen LogP contribution >= 0.6 is 0 Å². The fourth-order valence-electron chi connectivity index (χ4n) is 2.14. The van der Waals surface area contributed by atoms with Crippen LogP contribution in [0.4, 0.5) is 0 Å². The van der Waals surface area contributed by atoms with Gasteiger partial charge in [0.15, 0.2) is 0 Å². The molecule has 0 atom stereocenters. The fraction of sp³-hybridized carbons (Fsp3) is 0.833. The van der Waals surface area contributed by atoms with Crippen LogP contribution in [0, 0.1) is 0 Å². The number of carbonyl (C=O) groups excluding carboxylic acids is 2. The van der Waals surface area contributed by atoms with Crippen molar-refractivity contribution >= 4 is 11.8 Å². The van der Waals surface area contributed by atoms with Gasteiger partial charge in [-0.15, -0.1) is 0 Å². The third kappa shape index (κ3) is 5.17. The van der Waals surface area contributed by atoms with Crippen LogP contribution in [0.15, 0.2) is 0 Å². The van der Waals surface area contributed by atoms with Crippen molar-refractivity contribution in [2.45, 2.75) is 45.1 Å². The Labute approximate surface area is 103 Å². The van der Waals surface area contributed by atoms with Crippen LogP contribution in [0.25, 0.3) is 0 Å². The van der Waals surface area contributed by atoms with E-state index in [0.29, 0.717) is 13.0 Å². The van der Waals surface area contributed by atoms with Crippen LogP contribution in [-0.2, 0) is 9.59 Å². The summed E-state index contributed by atoms with van der Waals surface area (Å²) in [5, 5.41) is 2.90. The molecule has 5 heteroatoms. The maximum atomic E-state index is 11.8. The second-order valence-corrected chi connectivity index (χ2v) is 4.60. The van der Waals surface area contributed by atoms with Gasteiger partial charge in [-0.3, -0.25) is 9.59 Å². The molecule has 0 saturated carbocycles. The maximum Gasteiger partial charge on any atom is 0.222 e. The Bertz CT molecular complexity index is 260. The van der Waals surface area contributed by atoms with E-state index in [0.717, 1.165) is 38.8 Å². The molecule has 5 nitrogen and oxygen atoms in total. The number of likely N-dealkylation sites (tertiary alicyclic amines) is 1. The number of nitrogens with zero attached hydrogens (tertiary/aromatic N) is 1. The average Bonchev–Trinajstić information content (AvgIpc) is 2.29. The minimum atomic E-state index is 0.0118. The molecule has 98 valence electrons. The van der Waals surface area contributed by atoms with E-state index in [1.807, 2.05) is 4.90 Å². The number of hydrogen-bond donors (Lipinski definition) is 2. The third-order valence-corrected chi connectivity index (χ3v) is 3.10. The van der Waals surface area contributed by atoms with Gasteiger partial charge in [0.25, 0.3) is 0 Å². The number of unbranched alkanes of at least 4 members (excludes halogenated alkanes) is 1. The number of rotatable bonds is 5. The van der Waals surface area contributed by atoms with Crippen LogP contribution in [0.2, 0.25) is 0 Å². The van der Waals surface area contributed by atoms with E-state index in [-0.39, 0.29) is 17.9 Å². The standard InChI is InChI=1S/C12H23N3O2/c1-10(16)14-11-5-8-15(9-6-11)12(17)4-2-3-7-13/h11H,2-9,13H2,1H3,(H,14,16). The highest BCUT2D eigenvalue weighted by Crippen LogP contribution is 2.12. The van der Waals surface area contributed by atoms with E-state index in [1.165, 1.54) is 6.92 Å². The second-order valence-electron chi connectivity index (χ2n) is 4.60. The van der Waals surface area contributed by atoms with Crippen molar-refractivity contribution in [3.8, 4) is 0 Å². The van der Waals surface area contributed by atoms with Crippen molar-refractivity contribution in [3.05, 3.63) is 0 Å². The summed E-state index contributed by atoms with van der Waals surface area (Å²) in [5.74, 6) is 0.234. The number of amides is 2. The molecule has 2 amide bonds. The van der Waals surface area contributed by atoms with E-state index in [4.69, 9.17) is 5.73 Å². The lowest BCUT2D eigenvalue weighted by molar-refractivity contribution is -0.132. The van der Waals surface area contributed by atoms with Crippen LogP contribution in [0.5, 0.6) is 0 Å². The Kier molecular flexibility index (Phi) is 5.97. The Balaban J connectivity index is 2.21. The molecule has 1 heterocycles. The summed E-state index contributed by atoms with van der Waals surface area (Å²) in [6.07, 6.45) is 4.11. The second kappa shape index (κ2) is 7.27. The first-order valence-corrected chi connectivity index (χ1v) is 6.38. The van der Waals surface area contributed by atoms with Crippen molar-refractivity contribution in [1.29, 1.82) is 0 Å². The third-order valence-electron chi connectivity index (χ3n) is 3.10. The van der Waals surface area contributed by atoms with Gasteiger partial charge < -0.3 is 16.0 Å². The topological polar surface area (TPSA) is 75.4 Å². The molecule has 0 spiro atoms. The predicted molar refractivity (Wildman–Crippen MR) is 66.3 cm³/mol. The molecule has 0 unspecified atom stereocenters. The maximum absolute atomic E-state index is 11.8. The largest absolute Gasteiger partial charge is 0.353 e. The molecule has 1 aliphatic rings. The molecule has 0 aliphatic carbocycles. The van der Waals surface area contributed by atoms with Crippen LogP contribution in [0.3, 0.4) is 0 Å². The predicted octanol–water partition coefficient (Wildman–Crippen LogP) is 0.243. The molecule has 0 aromatic carbocycles. The van der Waals surface area contributed by atoms with E-state index in [9.17, 15) is 9.59 Å².